The number of aryl methyl sites for hydroxylation is 2. The summed E-state index contributed by atoms with van der Waals surface area (Å²) >= 11 is 1.68. The van der Waals surface area contributed by atoms with E-state index in [9.17, 15) is 9.59 Å². The molecule has 0 atom stereocenters. The maximum Gasteiger partial charge on any atom is 0.257 e. The number of carbonyl (C=O) groups is 2. The van der Waals surface area contributed by atoms with E-state index in [-0.39, 0.29) is 11.8 Å². The number of thiophene rings is 1. The summed E-state index contributed by atoms with van der Waals surface area (Å²) in [7, 11) is 1.58. The Balaban J connectivity index is 1.55. The zero-order valence-electron chi connectivity index (χ0n) is 15.2. The van der Waals surface area contributed by atoms with Crippen molar-refractivity contribution in [2.45, 2.75) is 19.8 Å². The molecule has 1 aromatic heterocycles. The van der Waals surface area contributed by atoms with Crippen LogP contribution in [0.1, 0.15) is 27.2 Å². The minimum atomic E-state index is -0.0313. The first-order valence-corrected chi connectivity index (χ1v) is 9.70. The van der Waals surface area contributed by atoms with E-state index < -0.39 is 0 Å². The van der Waals surface area contributed by atoms with Crippen molar-refractivity contribution in [1.82, 2.24) is 9.80 Å². The van der Waals surface area contributed by atoms with Crippen molar-refractivity contribution in [3.8, 4) is 5.75 Å². The summed E-state index contributed by atoms with van der Waals surface area (Å²) in [6.45, 7) is 4.24. The van der Waals surface area contributed by atoms with Crippen molar-refractivity contribution in [1.29, 1.82) is 0 Å². The molecule has 26 heavy (non-hydrogen) atoms. The number of carbonyl (C=O) groups excluding carboxylic acids is 2. The molecule has 1 aromatic carbocycles. The van der Waals surface area contributed by atoms with Crippen molar-refractivity contribution in [3.63, 3.8) is 0 Å². The van der Waals surface area contributed by atoms with Crippen LogP contribution in [0.25, 0.3) is 0 Å². The zero-order chi connectivity index (χ0) is 18.5. The normalized spacial score (nSPS) is 14.4. The first kappa shape index (κ1) is 18.5. The second-order valence-electron chi connectivity index (χ2n) is 6.46. The van der Waals surface area contributed by atoms with E-state index in [4.69, 9.17) is 4.74 Å². The fourth-order valence-corrected chi connectivity index (χ4v) is 3.87. The third-order valence-corrected chi connectivity index (χ3v) is 5.61. The van der Waals surface area contributed by atoms with Gasteiger partial charge >= 0.3 is 0 Å². The van der Waals surface area contributed by atoms with Gasteiger partial charge in [0.15, 0.2) is 0 Å². The average molecular weight is 372 g/mol. The first-order chi connectivity index (χ1) is 12.6. The molecule has 0 bridgehead atoms. The highest BCUT2D eigenvalue weighted by Crippen LogP contribution is 2.22. The van der Waals surface area contributed by atoms with Crippen LogP contribution >= 0.6 is 11.3 Å². The molecule has 0 N–H and O–H groups in total. The smallest absolute Gasteiger partial charge is 0.257 e. The highest BCUT2D eigenvalue weighted by molar-refractivity contribution is 7.09. The minimum absolute atomic E-state index is 0.0313. The van der Waals surface area contributed by atoms with Gasteiger partial charge in [0.2, 0.25) is 5.91 Å². The minimum Gasteiger partial charge on any atom is -0.496 e. The van der Waals surface area contributed by atoms with E-state index in [1.807, 2.05) is 41.5 Å². The number of nitrogens with zero attached hydrogens (tertiary/aromatic N) is 2. The Morgan fingerprint density at radius 1 is 1.12 bits per heavy atom. The van der Waals surface area contributed by atoms with E-state index >= 15 is 0 Å². The molecular weight excluding hydrogens is 348 g/mol. The SMILES string of the molecule is COc1ccc(C)cc1C(=O)N1CCN(C(=O)CCc2cccs2)CC1. The third kappa shape index (κ3) is 4.25. The summed E-state index contributed by atoms with van der Waals surface area (Å²) in [5.74, 6) is 0.727. The lowest BCUT2D eigenvalue weighted by Crippen LogP contribution is -2.50. The Morgan fingerprint density at radius 3 is 2.50 bits per heavy atom. The van der Waals surface area contributed by atoms with Gasteiger partial charge in [0, 0.05) is 37.5 Å². The molecule has 2 heterocycles. The lowest BCUT2D eigenvalue weighted by atomic mass is 10.1. The molecule has 6 heteroatoms. The second-order valence-corrected chi connectivity index (χ2v) is 7.49. The Hall–Kier alpha value is -2.34. The molecule has 1 saturated heterocycles. The highest BCUT2D eigenvalue weighted by Gasteiger charge is 2.26. The fraction of sp³-hybridized carbons (Fsp3) is 0.400. The van der Waals surface area contributed by atoms with Gasteiger partial charge in [0.05, 0.1) is 12.7 Å². The Labute approximate surface area is 158 Å². The van der Waals surface area contributed by atoms with E-state index in [0.717, 1.165) is 12.0 Å². The van der Waals surface area contributed by atoms with Gasteiger partial charge in [-0.3, -0.25) is 9.59 Å². The van der Waals surface area contributed by atoms with E-state index in [1.54, 1.807) is 23.3 Å². The Bertz CT molecular complexity index is 765. The standard InChI is InChI=1S/C20H24N2O3S/c1-15-5-7-18(25-2)17(14-15)20(24)22-11-9-21(10-12-22)19(23)8-6-16-4-3-13-26-16/h3-5,7,13-14H,6,8-12H2,1-2H3. The van der Waals surface area contributed by atoms with Crippen molar-refractivity contribution < 1.29 is 14.3 Å². The van der Waals surface area contributed by atoms with Gasteiger partial charge in [-0.25, -0.2) is 0 Å². The maximum absolute atomic E-state index is 12.8. The molecule has 0 saturated carbocycles. The molecule has 1 aliphatic rings. The fourth-order valence-electron chi connectivity index (χ4n) is 3.16. The van der Waals surface area contributed by atoms with Crippen LogP contribution in [-0.4, -0.2) is 54.9 Å². The maximum atomic E-state index is 12.8. The molecule has 2 aromatic rings. The largest absolute Gasteiger partial charge is 0.496 e. The van der Waals surface area contributed by atoms with Crippen LogP contribution in [0.5, 0.6) is 5.75 Å². The van der Waals surface area contributed by atoms with Crippen molar-refractivity contribution >= 4 is 23.2 Å². The summed E-state index contributed by atoms with van der Waals surface area (Å²) < 4.78 is 5.33. The number of hydrogen-bond donors (Lipinski definition) is 0. The number of ether oxygens (including phenoxy) is 1. The Kier molecular flexibility index (Phi) is 5.93. The number of rotatable bonds is 5. The molecule has 1 aliphatic heterocycles. The van der Waals surface area contributed by atoms with Crippen LogP contribution < -0.4 is 4.74 Å². The molecule has 0 aliphatic carbocycles. The molecule has 2 amide bonds. The van der Waals surface area contributed by atoms with Gasteiger partial charge in [0.25, 0.3) is 5.91 Å². The summed E-state index contributed by atoms with van der Waals surface area (Å²) in [6, 6.07) is 9.69. The van der Waals surface area contributed by atoms with Crippen LogP contribution in [0, 0.1) is 6.92 Å². The monoisotopic (exact) mass is 372 g/mol. The van der Waals surface area contributed by atoms with Gasteiger partial charge in [-0.15, -0.1) is 11.3 Å². The predicted molar refractivity (Wildman–Crippen MR) is 103 cm³/mol. The molecule has 0 unspecified atom stereocenters. The highest BCUT2D eigenvalue weighted by atomic mass is 32.1. The van der Waals surface area contributed by atoms with Gasteiger partial charge in [0.1, 0.15) is 5.75 Å². The van der Waals surface area contributed by atoms with Gasteiger partial charge in [-0.1, -0.05) is 17.7 Å². The van der Waals surface area contributed by atoms with Crippen LogP contribution in [-0.2, 0) is 11.2 Å². The second kappa shape index (κ2) is 8.36. The quantitative estimate of drug-likeness (QED) is 0.811. The van der Waals surface area contributed by atoms with Gasteiger partial charge in [-0.2, -0.15) is 0 Å². The van der Waals surface area contributed by atoms with Crippen molar-refractivity contribution in [2.24, 2.45) is 0 Å². The number of methoxy groups -OCH3 is 1. The lowest BCUT2D eigenvalue weighted by Gasteiger charge is -2.35. The zero-order valence-corrected chi connectivity index (χ0v) is 16.1. The lowest BCUT2D eigenvalue weighted by molar-refractivity contribution is -0.132. The topological polar surface area (TPSA) is 49.9 Å². The number of benzene rings is 1. The summed E-state index contributed by atoms with van der Waals surface area (Å²) in [5.41, 5.74) is 1.61. The number of hydrogen-bond acceptors (Lipinski definition) is 4. The Morgan fingerprint density at radius 2 is 1.85 bits per heavy atom. The number of amides is 2. The molecular formula is C20H24N2O3S. The summed E-state index contributed by atoms with van der Waals surface area (Å²) in [5, 5.41) is 2.03. The number of piperazine rings is 1. The van der Waals surface area contributed by atoms with Crippen LogP contribution in [0.15, 0.2) is 35.7 Å². The van der Waals surface area contributed by atoms with E-state index in [2.05, 4.69) is 6.07 Å². The molecule has 0 spiro atoms. The molecule has 5 nitrogen and oxygen atoms in total. The van der Waals surface area contributed by atoms with Gasteiger partial charge in [-0.05, 0) is 36.9 Å². The van der Waals surface area contributed by atoms with Crippen LogP contribution in [0.2, 0.25) is 0 Å². The third-order valence-electron chi connectivity index (χ3n) is 4.67. The predicted octanol–water partition coefficient (Wildman–Crippen LogP) is 2.98. The summed E-state index contributed by atoms with van der Waals surface area (Å²) in [4.78, 5) is 30.1. The molecule has 3 rings (SSSR count). The molecule has 0 radical (unpaired) electrons. The molecule has 138 valence electrons. The van der Waals surface area contributed by atoms with Gasteiger partial charge < -0.3 is 14.5 Å². The first-order valence-electron chi connectivity index (χ1n) is 8.82. The molecule has 1 fully saturated rings. The van der Waals surface area contributed by atoms with E-state index in [1.165, 1.54) is 4.88 Å². The van der Waals surface area contributed by atoms with Crippen LogP contribution in [0.3, 0.4) is 0 Å². The summed E-state index contributed by atoms with van der Waals surface area (Å²) in [6.07, 6.45) is 1.32. The van der Waals surface area contributed by atoms with Crippen LogP contribution in [0.4, 0.5) is 0 Å². The van der Waals surface area contributed by atoms with Crippen molar-refractivity contribution in [3.05, 3.63) is 51.7 Å². The average Bonchev–Trinajstić information content (AvgIpc) is 3.19. The van der Waals surface area contributed by atoms with E-state index in [0.29, 0.717) is 43.9 Å². The van der Waals surface area contributed by atoms with Crippen molar-refractivity contribution in [2.75, 3.05) is 33.3 Å².